The molecule has 1 aliphatic heterocycles. The Hall–Kier alpha value is -1.13. The zero-order valence-electron chi connectivity index (χ0n) is 9.07. The predicted octanol–water partition coefficient (Wildman–Crippen LogP) is 2.61. The van der Waals surface area contributed by atoms with E-state index in [0.29, 0.717) is 5.92 Å². The van der Waals surface area contributed by atoms with Crippen LogP contribution in [0.15, 0.2) is 23.7 Å². The summed E-state index contributed by atoms with van der Waals surface area (Å²) in [6.45, 7) is 2.23. The molecule has 4 heteroatoms. The molecule has 1 aliphatic rings. The van der Waals surface area contributed by atoms with Gasteiger partial charge in [0.2, 0.25) is 0 Å². The van der Waals surface area contributed by atoms with Crippen molar-refractivity contribution in [3.05, 3.63) is 29.4 Å². The van der Waals surface area contributed by atoms with Gasteiger partial charge >= 0.3 is 0 Å². The summed E-state index contributed by atoms with van der Waals surface area (Å²) >= 11 is 1.73. The third kappa shape index (κ3) is 1.90. The number of aromatic amines is 1. The number of aromatic nitrogens is 2. The van der Waals surface area contributed by atoms with Crippen molar-refractivity contribution < 1.29 is 0 Å². The second-order valence-electron chi connectivity index (χ2n) is 4.20. The normalized spacial score (nSPS) is 21.1. The Balaban J connectivity index is 1.82. The monoisotopic (exact) mass is 233 g/mol. The third-order valence-electron chi connectivity index (χ3n) is 3.07. The van der Waals surface area contributed by atoms with Crippen molar-refractivity contribution in [1.82, 2.24) is 15.3 Å². The van der Waals surface area contributed by atoms with Gasteiger partial charge in [-0.15, -0.1) is 11.3 Å². The fraction of sp³-hybridized carbons (Fsp3) is 0.417. The maximum absolute atomic E-state index is 4.72. The molecule has 1 atom stereocenters. The summed E-state index contributed by atoms with van der Waals surface area (Å²) in [6, 6.07) is 4.08. The molecular formula is C12H15N3S. The number of rotatable bonds is 2. The Morgan fingerprint density at radius 3 is 3.19 bits per heavy atom. The molecule has 2 N–H and O–H groups in total. The first-order chi connectivity index (χ1) is 7.93. The molecule has 84 valence electrons. The second-order valence-corrected chi connectivity index (χ2v) is 5.06. The number of piperidine rings is 1. The van der Waals surface area contributed by atoms with Crippen molar-refractivity contribution >= 4 is 11.3 Å². The van der Waals surface area contributed by atoms with Crippen LogP contribution in [-0.2, 0) is 0 Å². The van der Waals surface area contributed by atoms with Crippen LogP contribution in [0.3, 0.4) is 0 Å². The largest absolute Gasteiger partial charge is 0.359 e. The van der Waals surface area contributed by atoms with Crippen LogP contribution in [-0.4, -0.2) is 23.1 Å². The zero-order chi connectivity index (χ0) is 10.8. The summed E-state index contributed by atoms with van der Waals surface area (Å²) < 4.78 is 0. The highest BCUT2D eigenvalue weighted by molar-refractivity contribution is 7.13. The first kappa shape index (κ1) is 10.1. The van der Waals surface area contributed by atoms with Crippen molar-refractivity contribution in [1.29, 1.82) is 0 Å². The van der Waals surface area contributed by atoms with Gasteiger partial charge in [-0.2, -0.15) is 0 Å². The molecule has 0 aromatic carbocycles. The SMILES string of the molecule is c1c[nH]c(-c2nc(C3CCCNC3)cs2)c1. The van der Waals surface area contributed by atoms with Crippen LogP contribution in [0.2, 0.25) is 0 Å². The number of H-pyrrole nitrogens is 1. The first-order valence-electron chi connectivity index (χ1n) is 5.73. The highest BCUT2D eigenvalue weighted by Crippen LogP contribution is 2.28. The van der Waals surface area contributed by atoms with Gasteiger partial charge in [0.15, 0.2) is 0 Å². The van der Waals surface area contributed by atoms with E-state index in [1.807, 2.05) is 12.3 Å². The summed E-state index contributed by atoms with van der Waals surface area (Å²) in [7, 11) is 0. The highest BCUT2D eigenvalue weighted by atomic mass is 32.1. The average Bonchev–Trinajstić information content (AvgIpc) is 3.01. The summed E-state index contributed by atoms with van der Waals surface area (Å²) in [6.07, 6.45) is 4.47. The van der Waals surface area contributed by atoms with E-state index in [9.17, 15) is 0 Å². The number of thiazole rings is 1. The molecule has 16 heavy (non-hydrogen) atoms. The number of nitrogens with zero attached hydrogens (tertiary/aromatic N) is 1. The lowest BCUT2D eigenvalue weighted by Gasteiger charge is -2.20. The molecule has 1 saturated heterocycles. The molecule has 1 unspecified atom stereocenters. The second kappa shape index (κ2) is 4.39. The smallest absolute Gasteiger partial charge is 0.139 e. The maximum Gasteiger partial charge on any atom is 0.139 e. The molecule has 0 amide bonds. The standard InChI is InChI=1S/C12H15N3S/c1-3-9(7-13-5-1)11-8-16-12(15-11)10-4-2-6-14-10/h2,4,6,8-9,13-14H,1,3,5,7H2. The molecule has 0 aliphatic carbocycles. The fourth-order valence-electron chi connectivity index (χ4n) is 2.17. The number of hydrogen-bond acceptors (Lipinski definition) is 3. The molecule has 0 radical (unpaired) electrons. The fourth-order valence-corrected chi connectivity index (χ4v) is 3.05. The zero-order valence-corrected chi connectivity index (χ0v) is 9.89. The lowest BCUT2D eigenvalue weighted by molar-refractivity contribution is 0.456. The van der Waals surface area contributed by atoms with E-state index in [4.69, 9.17) is 4.98 Å². The van der Waals surface area contributed by atoms with Crippen molar-refractivity contribution in [2.24, 2.45) is 0 Å². The Bertz CT molecular complexity index is 441. The van der Waals surface area contributed by atoms with Crippen LogP contribution >= 0.6 is 11.3 Å². The van der Waals surface area contributed by atoms with Crippen molar-refractivity contribution in [2.45, 2.75) is 18.8 Å². The Labute approximate surface area is 98.9 Å². The van der Waals surface area contributed by atoms with Crippen molar-refractivity contribution in [3.8, 4) is 10.7 Å². The predicted molar refractivity (Wildman–Crippen MR) is 66.7 cm³/mol. The van der Waals surface area contributed by atoms with Gasteiger partial charge < -0.3 is 10.3 Å². The van der Waals surface area contributed by atoms with Crippen LogP contribution < -0.4 is 5.32 Å². The van der Waals surface area contributed by atoms with Gasteiger partial charge in [0.1, 0.15) is 5.01 Å². The highest BCUT2D eigenvalue weighted by Gasteiger charge is 2.18. The van der Waals surface area contributed by atoms with Crippen LogP contribution in [0, 0.1) is 0 Å². The molecule has 3 heterocycles. The topological polar surface area (TPSA) is 40.7 Å². The van der Waals surface area contributed by atoms with E-state index < -0.39 is 0 Å². The number of nitrogens with one attached hydrogen (secondary N) is 2. The summed E-state index contributed by atoms with van der Waals surface area (Å²) in [5.41, 5.74) is 2.38. The minimum Gasteiger partial charge on any atom is -0.359 e. The average molecular weight is 233 g/mol. The molecule has 2 aromatic rings. The van der Waals surface area contributed by atoms with Crippen LogP contribution in [0.5, 0.6) is 0 Å². The quantitative estimate of drug-likeness (QED) is 0.837. The number of hydrogen-bond donors (Lipinski definition) is 2. The molecule has 1 fully saturated rings. The van der Waals surface area contributed by atoms with E-state index in [-0.39, 0.29) is 0 Å². The molecule has 3 nitrogen and oxygen atoms in total. The minimum atomic E-state index is 0.605. The van der Waals surface area contributed by atoms with E-state index >= 15 is 0 Å². The van der Waals surface area contributed by atoms with Gasteiger partial charge in [-0.3, -0.25) is 0 Å². The van der Waals surface area contributed by atoms with Crippen LogP contribution in [0.25, 0.3) is 10.7 Å². The molecule has 3 rings (SSSR count). The molecule has 2 aromatic heterocycles. The Morgan fingerprint density at radius 1 is 1.44 bits per heavy atom. The van der Waals surface area contributed by atoms with Crippen LogP contribution in [0.1, 0.15) is 24.5 Å². The van der Waals surface area contributed by atoms with Crippen molar-refractivity contribution in [3.63, 3.8) is 0 Å². The lowest BCUT2D eigenvalue weighted by Crippen LogP contribution is -2.28. The molecule has 0 spiro atoms. The van der Waals surface area contributed by atoms with Gasteiger partial charge in [0.05, 0.1) is 11.4 Å². The van der Waals surface area contributed by atoms with E-state index in [2.05, 4.69) is 21.7 Å². The van der Waals surface area contributed by atoms with Gasteiger partial charge in [-0.1, -0.05) is 0 Å². The Kier molecular flexibility index (Phi) is 2.76. The summed E-state index contributed by atoms with van der Waals surface area (Å²) in [5, 5.41) is 6.74. The summed E-state index contributed by atoms with van der Waals surface area (Å²) in [4.78, 5) is 7.93. The first-order valence-corrected chi connectivity index (χ1v) is 6.61. The molecule has 0 saturated carbocycles. The minimum absolute atomic E-state index is 0.605. The van der Waals surface area contributed by atoms with Gasteiger partial charge in [-0.25, -0.2) is 4.98 Å². The van der Waals surface area contributed by atoms with Gasteiger partial charge in [0, 0.05) is 24.0 Å². The van der Waals surface area contributed by atoms with E-state index in [1.54, 1.807) is 11.3 Å². The van der Waals surface area contributed by atoms with Crippen molar-refractivity contribution in [2.75, 3.05) is 13.1 Å². The Morgan fingerprint density at radius 2 is 2.44 bits per heavy atom. The maximum atomic E-state index is 4.72. The lowest BCUT2D eigenvalue weighted by atomic mass is 9.97. The third-order valence-corrected chi connectivity index (χ3v) is 3.96. The van der Waals surface area contributed by atoms with E-state index in [0.717, 1.165) is 23.8 Å². The molecule has 0 bridgehead atoms. The van der Waals surface area contributed by atoms with E-state index in [1.165, 1.54) is 18.5 Å². The van der Waals surface area contributed by atoms with Gasteiger partial charge in [0.25, 0.3) is 0 Å². The van der Waals surface area contributed by atoms with Gasteiger partial charge in [-0.05, 0) is 31.5 Å². The summed E-state index contributed by atoms with van der Waals surface area (Å²) in [5.74, 6) is 0.605. The van der Waals surface area contributed by atoms with Crippen LogP contribution in [0.4, 0.5) is 0 Å². The molecular weight excluding hydrogens is 218 g/mol.